The van der Waals surface area contributed by atoms with Crippen molar-refractivity contribution in [3.05, 3.63) is 29.5 Å². The molecule has 0 aliphatic heterocycles. The smallest absolute Gasteiger partial charge is 0.253 e. The van der Waals surface area contributed by atoms with Gasteiger partial charge in [-0.05, 0) is 12.1 Å². The van der Waals surface area contributed by atoms with Crippen molar-refractivity contribution in [2.24, 2.45) is 0 Å². The number of sulfonamides is 1. The first-order valence-electron chi connectivity index (χ1n) is 4.27. The lowest BCUT2D eigenvalue weighted by Gasteiger charge is -2.04. The van der Waals surface area contributed by atoms with Gasteiger partial charge < -0.3 is 0 Å². The lowest BCUT2D eigenvalue weighted by Crippen LogP contribution is -2.14. The maximum absolute atomic E-state index is 11.9. The van der Waals surface area contributed by atoms with Crippen LogP contribution in [-0.4, -0.2) is 23.6 Å². The highest BCUT2D eigenvalue weighted by Crippen LogP contribution is 2.18. The monoisotopic (exact) mass is 267 g/mol. The maximum Gasteiger partial charge on any atom is 0.266 e. The minimum atomic E-state index is -3.85. The quantitative estimate of drug-likeness (QED) is 0.872. The zero-order chi connectivity index (χ0) is 12.3. The van der Waals surface area contributed by atoms with Gasteiger partial charge in [-0.15, -0.1) is 10.2 Å². The molecule has 1 N–H and O–H groups in total. The van der Waals surface area contributed by atoms with E-state index in [9.17, 15) is 8.42 Å². The van der Waals surface area contributed by atoms with Gasteiger partial charge in [0.05, 0.1) is 0 Å². The molecule has 9 heteroatoms. The van der Waals surface area contributed by atoms with Crippen molar-refractivity contribution >= 4 is 26.5 Å². The van der Waals surface area contributed by atoms with Gasteiger partial charge in [0.25, 0.3) is 10.0 Å². The molecule has 7 nitrogen and oxygen atoms in total. The van der Waals surface area contributed by atoms with E-state index in [1.54, 1.807) is 6.07 Å². The molecule has 0 amide bonds. The van der Waals surface area contributed by atoms with E-state index in [1.807, 2.05) is 0 Å². The number of aromatic nitrogens is 3. The average Bonchev–Trinajstić information content (AvgIpc) is 2.81. The molecule has 2 heterocycles. The Kier molecular flexibility index (Phi) is 2.99. The van der Waals surface area contributed by atoms with Crippen LogP contribution in [0.5, 0.6) is 0 Å². The number of hydrogen-bond acceptors (Lipinski definition) is 7. The van der Waals surface area contributed by atoms with Gasteiger partial charge in [0, 0.05) is 6.20 Å². The van der Waals surface area contributed by atoms with Crippen LogP contribution in [0.1, 0.15) is 5.69 Å². The molecule has 0 aromatic carbocycles. The summed E-state index contributed by atoms with van der Waals surface area (Å²) in [5.74, 6) is 0. The molecular formula is C8H5N5O2S2. The van der Waals surface area contributed by atoms with E-state index < -0.39 is 10.0 Å². The fourth-order valence-electron chi connectivity index (χ4n) is 1.08. The standard InChI is InChI=1S/C8H5N5O2S2/c9-4-6-7(2-1-3-10-6)17(14,15)13-8-12-11-5-16-8/h1-3,5H,(H,12,13). The van der Waals surface area contributed by atoms with Crippen molar-refractivity contribution in [3.8, 4) is 6.07 Å². The summed E-state index contributed by atoms with van der Waals surface area (Å²) in [5.41, 5.74) is 1.23. The van der Waals surface area contributed by atoms with Gasteiger partial charge in [-0.1, -0.05) is 11.3 Å². The Morgan fingerprint density at radius 3 is 2.94 bits per heavy atom. The summed E-state index contributed by atoms with van der Waals surface area (Å²) in [5, 5.41) is 16.0. The van der Waals surface area contributed by atoms with Gasteiger partial charge >= 0.3 is 0 Å². The minimum absolute atomic E-state index is 0.137. The Morgan fingerprint density at radius 1 is 1.47 bits per heavy atom. The van der Waals surface area contributed by atoms with Crippen LogP contribution in [-0.2, 0) is 10.0 Å². The normalized spacial score (nSPS) is 10.8. The first kappa shape index (κ1) is 11.4. The third-order valence-corrected chi connectivity index (χ3v) is 3.85. The van der Waals surface area contributed by atoms with Crippen LogP contribution in [0.25, 0.3) is 0 Å². The fourth-order valence-corrected chi connectivity index (χ4v) is 2.88. The topological polar surface area (TPSA) is 109 Å². The van der Waals surface area contributed by atoms with Crippen LogP contribution in [0.3, 0.4) is 0 Å². The van der Waals surface area contributed by atoms with Crippen LogP contribution in [0.2, 0.25) is 0 Å². The van der Waals surface area contributed by atoms with Crippen LogP contribution >= 0.6 is 11.3 Å². The van der Waals surface area contributed by atoms with Crippen LogP contribution < -0.4 is 4.72 Å². The highest BCUT2D eigenvalue weighted by molar-refractivity contribution is 7.93. The second-order valence-corrected chi connectivity index (χ2v) is 5.30. The Balaban J connectivity index is 2.42. The van der Waals surface area contributed by atoms with E-state index in [2.05, 4.69) is 19.9 Å². The molecule has 0 bridgehead atoms. The summed E-state index contributed by atoms with van der Waals surface area (Å²) < 4.78 is 26.0. The molecular weight excluding hydrogens is 262 g/mol. The highest BCUT2D eigenvalue weighted by Gasteiger charge is 2.20. The molecule has 17 heavy (non-hydrogen) atoms. The van der Waals surface area contributed by atoms with Gasteiger partial charge in [0.2, 0.25) is 5.13 Å². The number of rotatable bonds is 3. The zero-order valence-electron chi connectivity index (χ0n) is 8.23. The van der Waals surface area contributed by atoms with E-state index in [0.717, 1.165) is 11.3 Å². The lowest BCUT2D eigenvalue weighted by molar-refractivity contribution is 0.600. The highest BCUT2D eigenvalue weighted by atomic mass is 32.2. The maximum atomic E-state index is 11.9. The van der Waals surface area contributed by atoms with Crippen LogP contribution in [0.4, 0.5) is 5.13 Å². The summed E-state index contributed by atoms with van der Waals surface area (Å²) >= 11 is 1.04. The molecule has 2 aromatic rings. The van der Waals surface area contributed by atoms with Crippen LogP contribution in [0, 0.1) is 11.3 Å². The minimum Gasteiger partial charge on any atom is -0.253 e. The zero-order valence-corrected chi connectivity index (χ0v) is 9.86. The Morgan fingerprint density at radius 2 is 2.29 bits per heavy atom. The summed E-state index contributed by atoms with van der Waals surface area (Å²) in [6, 6.07) is 4.46. The molecule has 0 saturated heterocycles. The third kappa shape index (κ3) is 2.38. The largest absolute Gasteiger partial charge is 0.266 e. The number of anilines is 1. The summed E-state index contributed by atoms with van der Waals surface area (Å²) in [4.78, 5) is 3.50. The Hall–Kier alpha value is -2.05. The molecule has 0 unspecified atom stereocenters. The van der Waals surface area contributed by atoms with Crippen molar-refractivity contribution in [1.29, 1.82) is 5.26 Å². The predicted molar refractivity (Wildman–Crippen MR) is 59.7 cm³/mol. The van der Waals surface area contributed by atoms with E-state index in [1.165, 1.54) is 23.8 Å². The average molecular weight is 267 g/mol. The molecule has 0 atom stereocenters. The molecule has 0 radical (unpaired) electrons. The number of nitriles is 1. The fraction of sp³-hybridized carbons (Fsp3) is 0. The van der Waals surface area contributed by atoms with Crippen molar-refractivity contribution in [2.45, 2.75) is 4.90 Å². The summed E-state index contributed by atoms with van der Waals surface area (Å²) in [6.07, 6.45) is 1.35. The second-order valence-electron chi connectivity index (χ2n) is 2.81. The number of pyridine rings is 1. The molecule has 2 rings (SSSR count). The SMILES string of the molecule is N#Cc1ncccc1S(=O)(=O)Nc1nncs1. The third-order valence-electron chi connectivity index (χ3n) is 1.75. The van der Waals surface area contributed by atoms with E-state index in [4.69, 9.17) is 5.26 Å². The Bertz CT molecular complexity index is 659. The first-order valence-corrected chi connectivity index (χ1v) is 6.64. The molecule has 2 aromatic heterocycles. The van der Waals surface area contributed by atoms with Gasteiger partial charge in [-0.3, -0.25) is 4.72 Å². The summed E-state index contributed by atoms with van der Waals surface area (Å²) in [7, 11) is -3.85. The van der Waals surface area contributed by atoms with Gasteiger partial charge in [-0.25, -0.2) is 13.4 Å². The van der Waals surface area contributed by atoms with Crippen molar-refractivity contribution in [3.63, 3.8) is 0 Å². The summed E-state index contributed by atoms with van der Waals surface area (Å²) in [6.45, 7) is 0. The van der Waals surface area contributed by atoms with Gasteiger partial charge in [-0.2, -0.15) is 5.26 Å². The van der Waals surface area contributed by atoms with Crippen molar-refractivity contribution in [2.75, 3.05) is 4.72 Å². The van der Waals surface area contributed by atoms with Crippen molar-refractivity contribution in [1.82, 2.24) is 15.2 Å². The van der Waals surface area contributed by atoms with Crippen molar-refractivity contribution < 1.29 is 8.42 Å². The number of nitrogens with zero attached hydrogens (tertiary/aromatic N) is 4. The lowest BCUT2D eigenvalue weighted by atomic mass is 10.4. The first-order chi connectivity index (χ1) is 8.13. The number of nitrogens with one attached hydrogen (secondary N) is 1. The molecule has 0 saturated carbocycles. The van der Waals surface area contributed by atoms with E-state index in [-0.39, 0.29) is 15.7 Å². The van der Waals surface area contributed by atoms with Gasteiger partial charge in [0.1, 0.15) is 16.5 Å². The molecule has 0 aliphatic carbocycles. The molecule has 86 valence electrons. The molecule has 0 fully saturated rings. The van der Waals surface area contributed by atoms with E-state index in [0.29, 0.717) is 0 Å². The molecule has 0 aliphatic rings. The number of hydrogen-bond donors (Lipinski definition) is 1. The van der Waals surface area contributed by atoms with Crippen LogP contribution in [0.15, 0.2) is 28.7 Å². The predicted octanol–water partition coefficient (Wildman–Crippen LogP) is 0.606. The molecule has 0 spiro atoms. The van der Waals surface area contributed by atoms with E-state index >= 15 is 0 Å². The second kappa shape index (κ2) is 4.44. The Labute approximate surface area is 101 Å². The van der Waals surface area contributed by atoms with Gasteiger partial charge in [0.15, 0.2) is 5.69 Å².